The van der Waals surface area contributed by atoms with Gasteiger partial charge in [-0.05, 0) is 29.5 Å². The van der Waals surface area contributed by atoms with E-state index in [1.165, 1.54) is 0 Å². The predicted molar refractivity (Wildman–Crippen MR) is 74.3 cm³/mol. The number of aryl methyl sites for hydroxylation is 1. The fourth-order valence-corrected chi connectivity index (χ4v) is 1.83. The van der Waals surface area contributed by atoms with Crippen molar-refractivity contribution in [3.63, 3.8) is 0 Å². The standard InChI is InChI=1S/C15H22F3NO/c1-11-5-6-12(14(2,3)4)13(9-11)20-8-7-19-10-15(16,17)18/h5-6,9,19H,7-8,10H2,1-4H3. The Morgan fingerprint density at radius 1 is 1.15 bits per heavy atom. The molecule has 0 fully saturated rings. The van der Waals surface area contributed by atoms with Crippen LogP contribution in [0.3, 0.4) is 0 Å². The molecule has 1 aromatic carbocycles. The second kappa shape index (κ2) is 6.48. The molecule has 0 saturated carbocycles. The van der Waals surface area contributed by atoms with Gasteiger partial charge in [0.1, 0.15) is 12.4 Å². The molecule has 0 aromatic heterocycles. The molecule has 0 radical (unpaired) electrons. The van der Waals surface area contributed by atoms with Gasteiger partial charge in [-0.1, -0.05) is 32.9 Å². The molecule has 0 atom stereocenters. The maximum absolute atomic E-state index is 12.0. The second-order valence-electron chi connectivity index (χ2n) is 5.89. The van der Waals surface area contributed by atoms with Gasteiger partial charge >= 0.3 is 6.18 Å². The van der Waals surface area contributed by atoms with E-state index in [9.17, 15) is 13.2 Å². The van der Waals surface area contributed by atoms with E-state index in [-0.39, 0.29) is 18.6 Å². The molecule has 1 N–H and O–H groups in total. The van der Waals surface area contributed by atoms with Crippen LogP contribution in [0.25, 0.3) is 0 Å². The number of nitrogens with one attached hydrogen (secondary N) is 1. The monoisotopic (exact) mass is 289 g/mol. The van der Waals surface area contributed by atoms with Gasteiger partial charge in [0.15, 0.2) is 0 Å². The van der Waals surface area contributed by atoms with Crippen molar-refractivity contribution >= 4 is 0 Å². The molecular formula is C15H22F3NO. The van der Waals surface area contributed by atoms with Crippen LogP contribution in [0.5, 0.6) is 5.75 Å². The molecule has 0 bridgehead atoms. The Bertz CT molecular complexity index is 436. The predicted octanol–water partition coefficient (Wildman–Crippen LogP) is 3.82. The first-order valence-corrected chi connectivity index (χ1v) is 6.61. The summed E-state index contributed by atoms with van der Waals surface area (Å²) in [6.45, 7) is 7.57. The number of ether oxygens (including phenoxy) is 1. The summed E-state index contributed by atoms with van der Waals surface area (Å²) in [5.41, 5.74) is 2.05. The lowest BCUT2D eigenvalue weighted by atomic mass is 9.86. The minimum atomic E-state index is -4.18. The lowest BCUT2D eigenvalue weighted by Gasteiger charge is -2.23. The van der Waals surface area contributed by atoms with E-state index in [4.69, 9.17) is 4.74 Å². The van der Waals surface area contributed by atoms with E-state index in [0.717, 1.165) is 16.9 Å². The van der Waals surface area contributed by atoms with Crippen molar-refractivity contribution < 1.29 is 17.9 Å². The van der Waals surface area contributed by atoms with Crippen LogP contribution < -0.4 is 10.1 Å². The van der Waals surface area contributed by atoms with Gasteiger partial charge in [0.25, 0.3) is 0 Å². The second-order valence-corrected chi connectivity index (χ2v) is 5.89. The Labute approximate surface area is 118 Å². The third kappa shape index (κ3) is 5.82. The number of hydrogen-bond acceptors (Lipinski definition) is 2. The molecule has 0 saturated heterocycles. The fraction of sp³-hybridized carbons (Fsp3) is 0.600. The van der Waals surface area contributed by atoms with E-state index >= 15 is 0 Å². The highest BCUT2D eigenvalue weighted by atomic mass is 19.4. The minimum Gasteiger partial charge on any atom is -0.492 e. The molecule has 114 valence electrons. The van der Waals surface area contributed by atoms with Crippen LogP contribution in [0.4, 0.5) is 13.2 Å². The van der Waals surface area contributed by atoms with Crippen LogP contribution in [0.2, 0.25) is 0 Å². The molecule has 1 aromatic rings. The first-order chi connectivity index (χ1) is 9.09. The summed E-state index contributed by atoms with van der Waals surface area (Å²) in [5, 5.41) is 2.32. The summed E-state index contributed by atoms with van der Waals surface area (Å²) in [7, 11) is 0. The molecule has 0 spiro atoms. The normalized spacial score (nSPS) is 12.6. The smallest absolute Gasteiger partial charge is 0.401 e. The summed E-state index contributed by atoms with van der Waals surface area (Å²) in [4.78, 5) is 0. The van der Waals surface area contributed by atoms with Crippen molar-refractivity contribution in [1.82, 2.24) is 5.32 Å². The van der Waals surface area contributed by atoms with Gasteiger partial charge in [0.2, 0.25) is 0 Å². The van der Waals surface area contributed by atoms with Crippen LogP contribution in [0.1, 0.15) is 31.9 Å². The quantitative estimate of drug-likeness (QED) is 0.832. The zero-order chi connectivity index (χ0) is 15.4. The van der Waals surface area contributed by atoms with Gasteiger partial charge in [-0.25, -0.2) is 0 Å². The summed E-state index contributed by atoms with van der Waals surface area (Å²) in [6, 6.07) is 5.94. The van der Waals surface area contributed by atoms with Gasteiger partial charge in [0, 0.05) is 6.54 Å². The third-order valence-electron chi connectivity index (χ3n) is 2.81. The molecule has 0 aliphatic heterocycles. The highest BCUT2D eigenvalue weighted by Crippen LogP contribution is 2.31. The topological polar surface area (TPSA) is 21.3 Å². The number of halogens is 3. The summed E-state index contributed by atoms with van der Waals surface area (Å²) < 4.78 is 41.6. The third-order valence-corrected chi connectivity index (χ3v) is 2.81. The van der Waals surface area contributed by atoms with Crippen LogP contribution in [0, 0.1) is 6.92 Å². The van der Waals surface area contributed by atoms with Gasteiger partial charge in [-0.3, -0.25) is 0 Å². The van der Waals surface area contributed by atoms with Crippen molar-refractivity contribution in [2.24, 2.45) is 0 Å². The fourth-order valence-electron chi connectivity index (χ4n) is 1.83. The Balaban J connectivity index is 2.57. The Kier molecular flexibility index (Phi) is 5.45. The Morgan fingerprint density at radius 2 is 1.80 bits per heavy atom. The number of rotatable bonds is 5. The first-order valence-electron chi connectivity index (χ1n) is 6.61. The molecule has 1 rings (SSSR count). The lowest BCUT2D eigenvalue weighted by Crippen LogP contribution is -2.31. The maximum Gasteiger partial charge on any atom is 0.401 e. The molecular weight excluding hydrogens is 267 g/mol. The molecule has 0 unspecified atom stereocenters. The average Bonchev–Trinajstić information content (AvgIpc) is 2.25. The number of benzene rings is 1. The highest BCUT2D eigenvalue weighted by Gasteiger charge is 2.26. The average molecular weight is 289 g/mol. The van der Waals surface area contributed by atoms with Crippen molar-refractivity contribution in [1.29, 1.82) is 0 Å². The van der Waals surface area contributed by atoms with Crippen LogP contribution >= 0.6 is 0 Å². The zero-order valence-corrected chi connectivity index (χ0v) is 12.4. The molecule has 0 heterocycles. The van der Waals surface area contributed by atoms with Crippen molar-refractivity contribution in [3.8, 4) is 5.75 Å². The summed E-state index contributed by atoms with van der Waals surface area (Å²) in [5.74, 6) is 0.742. The van der Waals surface area contributed by atoms with E-state index in [1.807, 2.05) is 25.1 Å². The highest BCUT2D eigenvalue weighted by molar-refractivity contribution is 5.41. The molecule has 0 aliphatic carbocycles. The molecule has 0 amide bonds. The Morgan fingerprint density at radius 3 is 2.35 bits per heavy atom. The largest absolute Gasteiger partial charge is 0.492 e. The van der Waals surface area contributed by atoms with E-state index in [0.29, 0.717) is 0 Å². The van der Waals surface area contributed by atoms with Crippen LogP contribution in [0.15, 0.2) is 18.2 Å². The minimum absolute atomic E-state index is 0.0670. The van der Waals surface area contributed by atoms with E-state index in [1.54, 1.807) is 0 Å². The summed E-state index contributed by atoms with van der Waals surface area (Å²) >= 11 is 0. The van der Waals surface area contributed by atoms with Crippen molar-refractivity contribution in [2.75, 3.05) is 19.7 Å². The lowest BCUT2D eigenvalue weighted by molar-refractivity contribution is -0.124. The van der Waals surface area contributed by atoms with Gasteiger partial charge in [-0.15, -0.1) is 0 Å². The molecule has 5 heteroatoms. The molecule has 0 aliphatic rings. The van der Waals surface area contributed by atoms with Crippen molar-refractivity contribution in [2.45, 2.75) is 39.3 Å². The van der Waals surface area contributed by atoms with Gasteiger partial charge in [0.05, 0.1) is 6.54 Å². The van der Waals surface area contributed by atoms with Gasteiger partial charge in [-0.2, -0.15) is 13.2 Å². The molecule has 20 heavy (non-hydrogen) atoms. The van der Waals surface area contributed by atoms with Gasteiger partial charge < -0.3 is 10.1 Å². The summed E-state index contributed by atoms with van der Waals surface area (Å²) in [6.07, 6.45) is -4.18. The zero-order valence-electron chi connectivity index (χ0n) is 12.4. The SMILES string of the molecule is Cc1ccc(C(C)(C)C)c(OCCNCC(F)(F)F)c1. The number of alkyl halides is 3. The van der Waals surface area contributed by atoms with Crippen molar-refractivity contribution in [3.05, 3.63) is 29.3 Å². The Hall–Kier alpha value is -1.23. The number of hydrogen-bond donors (Lipinski definition) is 1. The molecule has 2 nitrogen and oxygen atoms in total. The first kappa shape index (κ1) is 16.8. The van der Waals surface area contributed by atoms with E-state index in [2.05, 4.69) is 26.1 Å². The van der Waals surface area contributed by atoms with E-state index < -0.39 is 12.7 Å². The van der Waals surface area contributed by atoms with Crippen LogP contribution in [-0.4, -0.2) is 25.9 Å². The van der Waals surface area contributed by atoms with Crippen LogP contribution in [-0.2, 0) is 5.41 Å². The maximum atomic E-state index is 12.0.